The molecule has 0 radical (unpaired) electrons. The second kappa shape index (κ2) is 7.25. The summed E-state index contributed by atoms with van der Waals surface area (Å²) in [5.41, 5.74) is 2.93. The monoisotopic (exact) mass is 349 g/mol. The van der Waals surface area contributed by atoms with E-state index in [0.29, 0.717) is 6.42 Å². The van der Waals surface area contributed by atoms with Gasteiger partial charge in [-0.25, -0.2) is 4.98 Å². The number of imidazole rings is 1. The normalized spacial score (nSPS) is 17.7. The van der Waals surface area contributed by atoms with Gasteiger partial charge in [0.2, 0.25) is 5.91 Å². The maximum Gasteiger partial charge on any atom is 0.225 e. The number of aromatic nitrogens is 3. The summed E-state index contributed by atoms with van der Waals surface area (Å²) in [4.78, 5) is 23.5. The number of carbonyl (C=O) groups excluding carboxylic acids is 1. The van der Waals surface area contributed by atoms with Gasteiger partial charge in [0.1, 0.15) is 5.82 Å². The summed E-state index contributed by atoms with van der Waals surface area (Å²) in [6.45, 7) is 1.74. The lowest BCUT2D eigenvalue weighted by molar-refractivity contribution is -0.116. The number of hydrogen-bond donors (Lipinski definition) is 1. The van der Waals surface area contributed by atoms with Gasteiger partial charge in [-0.05, 0) is 43.7 Å². The van der Waals surface area contributed by atoms with Crippen LogP contribution in [0.25, 0.3) is 11.0 Å². The molecule has 3 heterocycles. The first-order valence-corrected chi connectivity index (χ1v) is 9.07. The number of para-hydroxylation sites is 2. The van der Waals surface area contributed by atoms with Crippen LogP contribution in [-0.4, -0.2) is 38.4 Å². The third-order valence-electron chi connectivity index (χ3n) is 5.05. The van der Waals surface area contributed by atoms with Gasteiger partial charge >= 0.3 is 0 Å². The number of rotatable bonds is 5. The first kappa shape index (κ1) is 16.7. The molecule has 2 aromatic heterocycles. The van der Waals surface area contributed by atoms with Crippen LogP contribution in [0.5, 0.6) is 0 Å². The predicted molar refractivity (Wildman–Crippen MR) is 102 cm³/mol. The van der Waals surface area contributed by atoms with Crippen molar-refractivity contribution in [3.63, 3.8) is 0 Å². The van der Waals surface area contributed by atoms with E-state index in [-0.39, 0.29) is 11.9 Å². The molecule has 1 amide bonds. The molecular formula is C20H23N5O. The van der Waals surface area contributed by atoms with Crippen molar-refractivity contribution in [3.8, 4) is 0 Å². The molecule has 3 aromatic rings. The Kier molecular flexibility index (Phi) is 4.67. The second-order valence-corrected chi connectivity index (χ2v) is 6.75. The molecule has 1 aromatic carbocycles. The van der Waals surface area contributed by atoms with E-state index in [0.717, 1.165) is 48.5 Å². The van der Waals surface area contributed by atoms with E-state index in [1.165, 1.54) is 0 Å². The van der Waals surface area contributed by atoms with Gasteiger partial charge in [0.25, 0.3) is 0 Å². The smallest absolute Gasteiger partial charge is 0.225 e. The number of anilines is 1. The zero-order valence-corrected chi connectivity index (χ0v) is 14.9. The highest BCUT2D eigenvalue weighted by atomic mass is 16.1. The number of likely N-dealkylation sites (tertiary alicyclic amines) is 1. The molecule has 6 nitrogen and oxygen atoms in total. The molecule has 134 valence electrons. The SMILES string of the molecule is Cn1c([C@@H]2CCCN2CCC(=O)Nc2cccnc2)nc2ccccc21. The van der Waals surface area contributed by atoms with E-state index >= 15 is 0 Å². The molecule has 1 atom stereocenters. The minimum absolute atomic E-state index is 0.0219. The van der Waals surface area contributed by atoms with Crippen LogP contribution in [0.15, 0.2) is 48.8 Å². The summed E-state index contributed by atoms with van der Waals surface area (Å²) in [5.74, 6) is 1.12. The summed E-state index contributed by atoms with van der Waals surface area (Å²) in [6.07, 6.45) is 6.05. The highest BCUT2D eigenvalue weighted by Crippen LogP contribution is 2.32. The van der Waals surface area contributed by atoms with Crippen molar-refractivity contribution in [2.75, 3.05) is 18.4 Å². The number of fused-ring (bicyclic) bond motifs is 1. The fourth-order valence-corrected chi connectivity index (χ4v) is 3.75. The Morgan fingerprint density at radius 2 is 2.15 bits per heavy atom. The van der Waals surface area contributed by atoms with Gasteiger partial charge in [0.05, 0.1) is 29.0 Å². The van der Waals surface area contributed by atoms with Crippen LogP contribution in [-0.2, 0) is 11.8 Å². The standard InChI is InChI=1S/C20H23N5O/c1-24-17-8-3-2-7-16(17)23-20(24)18-9-5-12-25(18)13-10-19(26)22-15-6-4-11-21-14-15/h2-4,6-8,11,14,18H,5,9-10,12-13H2,1H3,(H,22,26)/t18-/m0/s1. The van der Waals surface area contributed by atoms with Crippen molar-refractivity contribution in [2.45, 2.75) is 25.3 Å². The molecule has 0 aliphatic carbocycles. The van der Waals surface area contributed by atoms with Gasteiger partial charge in [-0.1, -0.05) is 12.1 Å². The fourth-order valence-electron chi connectivity index (χ4n) is 3.75. The van der Waals surface area contributed by atoms with Crippen LogP contribution in [0.3, 0.4) is 0 Å². The molecule has 1 aliphatic rings. The van der Waals surface area contributed by atoms with Crippen molar-refractivity contribution >= 4 is 22.6 Å². The molecule has 0 unspecified atom stereocenters. The quantitative estimate of drug-likeness (QED) is 0.769. The van der Waals surface area contributed by atoms with Gasteiger partial charge in [-0.3, -0.25) is 14.7 Å². The number of pyridine rings is 1. The number of nitrogens with one attached hydrogen (secondary N) is 1. The third kappa shape index (κ3) is 3.32. The molecule has 1 N–H and O–H groups in total. The van der Waals surface area contributed by atoms with E-state index in [2.05, 4.69) is 38.9 Å². The van der Waals surface area contributed by atoms with Gasteiger partial charge in [-0.15, -0.1) is 0 Å². The summed E-state index contributed by atoms with van der Waals surface area (Å²) < 4.78 is 2.19. The van der Waals surface area contributed by atoms with Gasteiger partial charge < -0.3 is 9.88 Å². The lowest BCUT2D eigenvalue weighted by atomic mass is 10.2. The maximum atomic E-state index is 12.2. The highest BCUT2D eigenvalue weighted by molar-refractivity contribution is 5.90. The molecule has 0 spiro atoms. The van der Waals surface area contributed by atoms with Crippen LogP contribution < -0.4 is 5.32 Å². The number of nitrogens with zero attached hydrogens (tertiary/aromatic N) is 4. The molecule has 0 saturated carbocycles. The van der Waals surface area contributed by atoms with E-state index in [9.17, 15) is 4.79 Å². The van der Waals surface area contributed by atoms with Crippen molar-refractivity contribution in [1.29, 1.82) is 0 Å². The van der Waals surface area contributed by atoms with Crippen LogP contribution in [0, 0.1) is 0 Å². The molecule has 1 aliphatic heterocycles. The first-order valence-electron chi connectivity index (χ1n) is 9.07. The fraction of sp³-hybridized carbons (Fsp3) is 0.350. The number of benzene rings is 1. The van der Waals surface area contributed by atoms with Crippen LogP contribution in [0.4, 0.5) is 5.69 Å². The third-order valence-corrected chi connectivity index (χ3v) is 5.05. The molecule has 1 fully saturated rings. The number of hydrogen-bond acceptors (Lipinski definition) is 4. The van der Waals surface area contributed by atoms with Crippen molar-refractivity contribution < 1.29 is 4.79 Å². The first-order chi connectivity index (χ1) is 12.7. The molecule has 1 saturated heterocycles. The zero-order valence-electron chi connectivity index (χ0n) is 14.9. The van der Waals surface area contributed by atoms with Crippen LogP contribution in [0.2, 0.25) is 0 Å². The second-order valence-electron chi connectivity index (χ2n) is 6.75. The molecular weight excluding hydrogens is 326 g/mol. The minimum Gasteiger partial charge on any atom is -0.330 e. The van der Waals surface area contributed by atoms with Gasteiger partial charge in [0, 0.05) is 26.2 Å². The Bertz CT molecular complexity index is 905. The Balaban J connectivity index is 1.43. The lowest BCUT2D eigenvalue weighted by Gasteiger charge is -2.23. The molecule has 6 heteroatoms. The summed E-state index contributed by atoms with van der Waals surface area (Å²) >= 11 is 0. The Morgan fingerprint density at radius 3 is 2.96 bits per heavy atom. The average Bonchev–Trinajstić information content (AvgIpc) is 3.25. The summed E-state index contributed by atoms with van der Waals surface area (Å²) in [7, 11) is 2.08. The van der Waals surface area contributed by atoms with Gasteiger partial charge in [-0.2, -0.15) is 0 Å². The molecule has 4 rings (SSSR count). The van der Waals surface area contributed by atoms with Crippen molar-refractivity contribution in [1.82, 2.24) is 19.4 Å². The maximum absolute atomic E-state index is 12.2. The topological polar surface area (TPSA) is 63.1 Å². The zero-order chi connectivity index (χ0) is 17.9. The average molecular weight is 349 g/mol. The Labute approximate surface area is 152 Å². The Hall–Kier alpha value is -2.73. The lowest BCUT2D eigenvalue weighted by Crippen LogP contribution is -2.29. The molecule has 26 heavy (non-hydrogen) atoms. The van der Waals surface area contributed by atoms with Crippen molar-refractivity contribution in [2.24, 2.45) is 7.05 Å². The number of aryl methyl sites for hydroxylation is 1. The predicted octanol–water partition coefficient (Wildman–Crippen LogP) is 3.13. The van der Waals surface area contributed by atoms with E-state index in [1.807, 2.05) is 24.3 Å². The van der Waals surface area contributed by atoms with E-state index in [4.69, 9.17) is 4.98 Å². The molecule has 0 bridgehead atoms. The Morgan fingerprint density at radius 1 is 1.27 bits per heavy atom. The highest BCUT2D eigenvalue weighted by Gasteiger charge is 2.29. The van der Waals surface area contributed by atoms with Crippen LogP contribution >= 0.6 is 0 Å². The van der Waals surface area contributed by atoms with Crippen molar-refractivity contribution in [3.05, 3.63) is 54.6 Å². The summed E-state index contributed by atoms with van der Waals surface area (Å²) in [6, 6.07) is 12.2. The van der Waals surface area contributed by atoms with E-state index in [1.54, 1.807) is 12.4 Å². The van der Waals surface area contributed by atoms with Crippen LogP contribution in [0.1, 0.15) is 31.1 Å². The van der Waals surface area contributed by atoms with E-state index < -0.39 is 0 Å². The van der Waals surface area contributed by atoms with Gasteiger partial charge in [0.15, 0.2) is 0 Å². The summed E-state index contributed by atoms with van der Waals surface area (Å²) in [5, 5.41) is 2.90. The largest absolute Gasteiger partial charge is 0.330 e. The number of carbonyl (C=O) groups is 1. The number of amides is 1. The minimum atomic E-state index is 0.0219.